The molecule has 130 valence electrons. The highest BCUT2D eigenvalue weighted by Crippen LogP contribution is 2.38. The van der Waals surface area contributed by atoms with Crippen molar-refractivity contribution in [3.63, 3.8) is 0 Å². The Morgan fingerprint density at radius 2 is 1.88 bits per heavy atom. The molecule has 0 spiro atoms. The second-order valence-corrected chi connectivity index (χ2v) is 8.44. The highest BCUT2D eigenvalue weighted by Gasteiger charge is 2.41. The lowest BCUT2D eigenvalue weighted by Crippen LogP contribution is -2.57. The predicted octanol–water partition coefficient (Wildman–Crippen LogP) is 4.56. The van der Waals surface area contributed by atoms with E-state index >= 15 is 0 Å². The summed E-state index contributed by atoms with van der Waals surface area (Å²) in [5.41, 5.74) is 3.08. The Balaban J connectivity index is 1.53. The molecule has 2 saturated heterocycles. The molecule has 1 aliphatic carbocycles. The zero-order valence-electron chi connectivity index (χ0n) is 15.1. The summed E-state index contributed by atoms with van der Waals surface area (Å²) in [5.74, 6) is 1.45. The third-order valence-corrected chi connectivity index (χ3v) is 6.63. The second kappa shape index (κ2) is 7.01. The summed E-state index contributed by atoms with van der Waals surface area (Å²) in [6, 6.07) is 11.1. The summed E-state index contributed by atoms with van der Waals surface area (Å²) in [7, 11) is 0. The van der Waals surface area contributed by atoms with Crippen molar-refractivity contribution in [2.45, 2.75) is 51.7 Å². The van der Waals surface area contributed by atoms with Gasteiger partial charge in [-0.25, -0.2) is 0 Å². The second-order valence-electron chi connectivity index (χ2n) is 8.44. The third kappa shape index (κ3) is 3.45. The van der Waals surface area contributed by atoms with Gasteiger partial charge in [-0.2, -0.15) is 0 Å². The molecule has 0 amide bonds. The highest BCUT2D eigenvalue weighted by atomic mass is 16.5. The van der Waals surface area contributed by atoms with E-state index in [9.17, 15) is 0 Å². The molecule has 0 saturated carbocycles. The topological polar surface area (TPSA) is 9.23 Å². The van der Waals surface area contributed by atoms with Crippen LogP contribution in [0, 0.1) is 11.8 Å². The van der Waals surface area contributed by atoms with E-state index in [1.807, 2.05) is 0 Å². The van der Waals surface area contributed by atoms with E-state index in [-0.39, 0.29) is 0 Å². The van der Waals surface area contributed by atoms with E-state index in [4.69, 9.17) is 4.74 Å². The van der Waals surface area contributed by atoms with Crippen LogP contribution in [-0.4, -0.2) is 36.8 Å². The molecule has 1 aromatic carbocycles. The molecular formula is C22H32NO+. The number of benzene rings is 1. The van der Waals surface area contributed by atoms with E-state index in [1.54, 1.807) is 5.57 Å². The van der Waals surface area contributed by atoms with Gasteiger partial charge in [0.15, 0.2) is 0 Å². The van der Waals surface area contributed by atoms with Crippen molar-refractivity contribution in [2.24, 2.45) is 11.8 Å². The van der Waals surface area contributed by atoms with E-state index < -0.39 is 0 Å². The predicted molar refractivity (Wildman–Crippen MR) is 98.6 cm³/mol. The van der Waals surface area contributed by atoms with Crippen LogP contribution in [0.5, 0.6) is 0 Å². The van der Waals surface area contributed by atoms with Gasteiger partial charge in [0, 0.05) is 11.5 Å². The molecule has 3 atom stereocenters. The number of hydrogen-bond acceptors (Lipinski definition) is 1. The summed E-state index contributed by atoms with van der Waals surface area (Å²) in [4.78, 5) is 0. The minimum Gasteiger partial charge on any atom is -0.371 e. The van der Waals surface area contributed by atoms with Gasteiger partial charge in [0.2, 0.25) is 0 Å². The molecule has 0 unspecified atom stereocenters. The Kier molecular flexibility index (Phi) is 4.78. The van der Waals surface area contributed by atoms with Crippen LogP contribution in [0.2, 0.25) is 0 Å². The molecule has 4 rings (SSSR count). The zero-order chi connectivity index (χ0) is 16.4. The quantitative estimate of drug-likeness (QED) is 0.582. The zero-order valence-corrected chi connectivity index (χ0v) is 15.1. The van der Waals surface area contributed by atoms with E-state index in [2.05, 4.69) is 43.3 Å². The molecule has 0 aromatic heterocycles. The lowest BCUT2D eigenvalue weighted by molar-refractivity contribution is -0.948. The molecule has 2 heterocycles. The average molecular weight is 327 g/mol. The number of allylic oxidation sites excluding steroid dienone is 1. The van der Waals surface area contributed by atoms with E-state index in [0.717, 1.165) is 12.5 Å². The van der Waals surface area contributed by atoms with Gasteiger partial charge in [0.05, 0.1) is 19.7 Å². The number of nitrogens with zero attached hydrogens (tertiary/aromatic N) is 1. The lowest BCUT2D eigenvalue weighted by atomic mass is 9.76. The number of hydrogen-bond donors (Lipinski definition) is 0. The number of likely N-dealkylation sites (tertiary alicyclic amines) is 1. The van der Waals surface area contributed by atoms with Crippen molar-refractivity contribution in [1.82, 2.24) is 0 Å². The summed E-state index contributed by atoms with van der Waals surface area (Å²) in [5, 5.41) is 0. The fourth-order valence-corrected chi connectivity index (χ4v) is 5.22. The van der Waals surface area contributed by atoms with E-state index in [1.165, 1.54) is 68.3 Å². The van der Waals surface area contributed by atoms with Crippen molar-refractivity contribution in [1.29, 1.82) is 0 Å². The van der Waals surface area contributed by atoms with Crippen LogP contribution in [0.25, 0.3) is 0 Å². The van der Waals surface area contributed by atoms with Crippen LogP contribution in [0.1, 0.15) is 44.6 Å². The molecular weight excluding hydrogens is 294 g/mol. The molecule has 2 fully saturated rings. The molecule has 2 bridgehead atoms. The molecule has 2 aliphatic heterocycles. The molecule has 2 heteroatoms. The fraction of sp³-hybridized carbons (Fsp3) is 0.636. The smallest absolute Gasteiger partial charge is 0.113 e. The van der Waals surface area contributed by atoms with Crippen molar-refractivity contribution in [3.05, 3.63) is 47.5 Å². The summed E-state index contributed by atoms with van der Waals surface area (Å²) in [6.45, 7) is 8.36. The van der Waals surface area contributed by atoms with Gasteiger partial charge in [-0.1, -0.05) is 42.0 Å². The number of piperidine rings is 1. The molecule has 1 aromatic rings. The first-order chi connectivity index (χ1) is 11.7. The van der Waals surface area contributed by atoms with Gasteiger partial charge in [0.1, 0.15) is 19.2 Å². The van der Waals surface area contributed by atoms with Crippen molar-refractivity contribution >= 4 is 0 Å². The van der Waals surface area contributed by atoms with Gasteiger partial charge in [-0.15, -0.1) is 0 Å². The van der Waals surface area contributed by atoms with Crippen LogP contribution in [-0.2, 0) is 11.3 Å². The number of rotatable bonds is 4. The van der Waals surface area contributed by atoms with E-state index in [0.29, 0.717) is 12.0 Å². The highest BCUT2D eigenvalue weighted by molar-refractivity contribution is 5.14. The Morgan fingerprint density at radius 1 is 1.08 bits per heavy atom. The van der Waals surface area contributed by atoms with Crippen LogP contribution in [0.15, 0.2) is 42.0 Å². The van der Waals surface area contributed by atoms with Crippen molar-refractivity contribution in [2.75, 3.05) is 26.2 Å². The Morgan fingerprint density at radius 3 is 2.67 bits per heavy atom. The molecule has 0 N–H and O–H groups in total. The lowest BCUT2D eigenvalue weighted by Gasteiger charge is -2.47. The van der Waals surface area contributed by atoms with Crippen LogP contribution in [0.3, 0.4) is 0 Å². The molecule has 24 heavy (non-hydrogen) atoms. The maximum absolute atomic E-state index is 6.42. The Hall–Kier alpha value is -1.12. The van der Waals surface area contributed by atoms with Gasteiger partial charge in [-0.3, -0.25) is 0 Å². The summed E-state index contributed by atoms with van der Waals surface area (Å²) in [6.07, 6.45) is 9.68. The first kappa shape index (κ1) is 16.4. The van der Waals surface area contributed by atoms with Crippen molar-refractivity contribution < 1.29 is 9.22 Å². The van der Waals surface area contributed by atoms with Crippen LogP contribution in [0.4, 0.5) is 0 Å². The number of fused-ring (bicyclic) bond motifs is 2. The first-order valence-corrected chi connectivity index (χ1v) is 9.91. The van der Waals surface area contributed by atoms with Crippen LogP contribution >= 0.6 is 0 Å². The van der Waals surface area contributed by atoms with Crippen LogP contribution < -0.4 is 0 Å². The molecule has 3 aliphatic rings. The normalized spacial score (nSPS) is 32.2. The van der Waals surface area contributed by atoms with Gasteiger partial charge >= 0.3 is 0 Å². The fourth-order valence-electron chi connectivity index (χ4n) is 5.22. The standard InChI is InChI=1S/C22H32NO/c1-18-10-11-20-14-21(18)22(24-17-20)16-23(12-6-3-7-13-23)15-19-8-4-2-5-9-19/h2,4-5,8-10,20-22H,3,6-7,11-17H2,1H3/q+1/t20-,21+,22+/m1/s1. The monoisotopic (exact) mass is 326 g/mol. The largest absolute Gasteiger partial charge is 0.371 e. The van der Waals surface area contributed by atoms with Gasteiger partial charge in [0.25, 0.3) is 0 Å². The Bertz CT molecular complexity index is 573. The average Bonchev–Trinajstić information content (AvgIpc) is 2.62. The minimum absolute atomic E-state index is 0.430. The minimum atomic E-state index is 0.430. The van der Waals surface area contributed by atoms with Crippen molar-refractivity contribution in [3.8, 4) is 0 Å². The maximum atomic E-state index is 6.42. The first-order valence-electron chi connectivity index (χ1n) is 9.91. The number of quaternary nitrogens is 1. The SMILES string of the molecule is CC1=CC[C@H]2CO[C@@H](C[N+]3(Cc4ccccc4)CCCCC3)[C@H]1C2. The number of ether oxygens (including phenoxy) is 1. The molecule has 2 nitrogen and oxygen atoms in total. The Labute approximate surface area is 147 Å². The van der Waals surface area contributed by atoms with Gasteiger partial charge in [-0.05, 0) is 44.9 Å². The van der Waals surface area contributed by atoms with Gasteiger partial charge < -0.3 is 9.22 Å². The summed E-state index contributed by atoms with van der Waals surface area (Å²) >= 11 is 0. The summed E-state index contributed by atoms with van der Waals surface area (Å²) < 4.78 is 7.66. The maximum Gasteiger partial charge on any atom is 0.113 e. The molecule has 0 radical (unpaired) electrons. The third-order valence-electron chi connectivity index (χ3n) is 6.63.